The van der Waals surface area contributed by atoms with Crippen molar-refractivity contribution in [2.24, 2.45) is 0 Å². The third kappa shape index (κ3) is 4.73. The summed E-state index contributed by atoms with van der Waals surface area (Å²) in [5.74, 6) is 1.24. The van der Waals surface area contributed by atoms with Gasteiger partial charge in [-0.2, -0.15) is 0 Å². The third-order valence-corrected chi connectivity index (χ3v) is 7.54. The molecule has 3 heterocycles. The summed E-state index contributed by atoms with van der Waals surface area (Å²) in [4.78, 5) is 27.9. The number of hydrogen-bond donors (Lipinski definition) is 1. The van der Waals surface area contributed by atoms with E-state index in [9.17, 15) is 9.59 Å². The van der Waals surface area contributed by atoms with Crippen LogP contribution in [0.4, 0.5) is 0 Å². The Labute approximate surface area is 195 Å². The number of carbonyl (C=O) groups is 2. The normalized spacial score (nSPS) is 15.8. The summed E-state index contributed by atoms with van der Waals surface area (Å²) in [5, 5.41) is 14.5. The van der Waals surface area contributed by atoms with Gasteiger partial charge in [-0.05, 0) is 54.8 Å². The number of thiophene rings is 1. The zero-order valence-corrected chi connectivity index (χ0v) is 19.3. The van der Waals surface area contributed by atoms with Gasteiger partial charge in [-0.15, -0.1) is 21.5 Å². The summed E-state index contributed by atoms with van der Waals surface area (Å²) in [7, 11) is 0. The van der Waals surface area contributed by atoms with E-state index in [1.165, 1.54) is 11.8 Å². The number of thioether (sulfide) groups is 1. The highest BCUT2D eigenvalue weighted by atomic mass is 32.2. The van der Waals surface area contributed by atoms with Crippen molar-refractivity contribution < 1.29 is 9.59 Å². The number of likely N-dealkylation sites (tertiary alicyclic amines) is 1. The molecule has 9 heteroatoms. The molecule has 0 spiro atoms. The third-order valence-electron chi connectivity index (χ3n) is 5.73. The van der Waals surface area contributed by atoms with Crippen molar-refractivity contribution in [3.8, 4) is 10.7 Å². The van der Waals surface area contributed by atoms with Crippen LogP contribution in [0.2, 0.25) is 0 Å². The van der Waals surface area contributed by atoms with Gasteiger partial charge in [-0.25, -0.2) is 0 Å². The summed E-state index contributed by atoms with van der Waals surface area (Å²) in [6, 6.07) is 12.0. The molecule has 2 amide bonds. The lowest BCUT2D eigenvalue weighted by atomic mass is 10.1. The number of benzene rings is 1. The Hall–Kier alpha value is -2.65. The van der Waals surface area contributed by atoms with E-state index >= 15 is 0 Å². The lowest BCUT2D eigenvalue weighted by Gasteiger charge is -2.15. The highest BCUT2D eigenvalue weighted by Gasteiger charge is 2.30. The first-order valence-corrected chi connectivity index (χ1v) is 12.8. The zero-order valence-electron chi connectivity index (χ0n) is 17.7. The van der Waals surface area contributed by atoms with Gasteiger partial charge in [-0.3, -0.25) is 14.2 Å². The molecular formula is C23H25N5O2S2. The molecule has 1 N–H and O–H groups in total. The lowest BCUT2D eigenvalue weighted by molar-refractivity contribution is -0.118. The van der Waals surface area contributed by atoms with Crippen LogP contribution in [0.15, 0.2) is 46.9 Å². The number of hydrogen-bond acceptors (Lipinski definition) is 6. The van der Waals surface area contributed by atoms with Gasteiger partial charge < -0.3 is 10.2 Å². The van der Waals surface area contributed by atoms with Crippen LogP contribution in [-0.2, 0) is 11.3 Å². The minimum Gasteiger partial charge on any atom is -0.351 e. The lowest BCUT2D eigenvalue weighted by Crippen LogP contribution is -2.27. The second-order valence-corrected chi connectivity index (χ2v) is 10.0. The van der Waals surface area contributed by atoms with Crippen molar-refractivity contribution in [2.75, 3.05) is 18.8 Å². The number of nitrogens with one attached hydrogen (secondary N) is 1. The zero-order chi connectivity index (χ0) is 21.9. The summed E-state index contributed by atoms with van der Waals surface area (Å²) in [6.45, 7) is 2.13. The number of amides is 2. The number of rotatable bonds is 8. The van der Waals surface area contributed by atoms with Crippen LogP contribution >= 0.6 is 23.1 Å². The molecule has 2 aromatic heterocycles. The first-order valence-electron chi connectivity index (χ1n) is 11.0. The van der Waals surface area contributed by atoms with Gasteiger partial charge in [0.2, 0.25) is 5.91 Å². The van der Waals surface area contributed by atoms with Gasteiger partial charge in [0.1, 0.15) is 0 Å². The van der Waals surface area contributed by atoms with Crippen LogP contribution in [-0.4, -0.2) is 50.3 Å². The average molecular weight is 468 g/mol. The highest BCUT2D eigenvalue weighted by molar-refractivity contribution is 7.99. The van der Waals surface area contributed by atoms with Crippen molar-refractivity contribution in [1.82, 2.24) is 25.0 Å². The van der Waals surface area contributed by atoms with Crippen LogP contribution in [0.1, 0.15) is 47.6 Å². The Bertz CT molecular complexity index is 1080. The Kier molecular flexibility index (Phi) is 6.27. The molecule has 1 aromatic carbocycles. The van der Waals surface area contributed by atoms with Crippen molar-refractivity contribution in [1.29, 1.82) is 0 Å². The minimum atomic E-state index is -0.0461. The van der Waals surface area contributed by atoms with Gasteiger partial charge in [0.25, 0.3) is 5.91 Å². The Morgan fingerprint density at radius 3 is 2.56 bits per heavy atom. The van der Waals surface area contributed by atoms with E-state index in [1.54, 1.807) is 11.3 Å². The molecule has 7 nitrogen and oxygen atoms in total. The van der Waals surface area contributed by atoms with E-state index in [0.717, 1.165) is 60.2 Å². The van der Waals surface area contributed by atoms with Gasteiger partial charge >= 0.3 is 0 Å². The van der Waals surface area contributed by atoms with Gasteiger partial charge in [0.15, 0.2) is 11.0 Å². The number of aromatic nitrogens is 3. The van der Waals surface area contributed by atoms with E-state index in [0.29, 0.717) is 23.9 Å². The maximum atomic E-state index is 12.4. The van der Waals surface area contributed by atoms with E-state index in [2.05, 4.69) is 26.1 Å². The molecule has 0 atom stereocenters. The molecule has 0 bridgehead atoms. The summed E-state index contributed by atoms with van der Waals surface area (Å²) < 4.78 is 2.18. The van der Waals surface area contributed by atoms with Crippen LogP contribution in [0, 0.1) is 0 Å². The Morgan fingerprint density at radius 1 is 1.09 bits per heavy atom. The standard InChI is InChI=1S/C23H25N5O2S2/c29-20(24-14-16-5-7-17(8-6-16)22(30)27-11-1-2-12-27)15-32-23-26-25-21(19-4-3-13-31-19)28(23)18-9-10-18/h3-8,13,18H,1-2,9-12,14-15H2,(H,24,29). The first-order chi connectivity index (χ1) is 15.7. The average Bonchev–Trinajstić information content (AvgIpc) is 3.23. The molecule has 5 rings (SSSR count). The molecule has 0 radical (unpaired) electrons. The molecule has 0 unspecified atom stereocenters. The van der Waals surface area contributed by atoms with E-state index in [1.807, 2.05) is 40.6 Å². The molecule has 1 saturated carbocycles. The molecule has 2 fully saturated rings. The summed E-state index contributed by atoms with van der Waals surface area (Å²) in [5.41, 5.74) is 1.68. The maximum Gasteiger partial charge on any atom is 0.253 e. The predicted molar refractivity (Wildman–Crippen MR) is 126 cm³/mol. The molecule has 1 aliphatic carbocycles. The smallest absolute Gasteiger partial charge is 0.253 e. The highest BCUT2D eigenvalue weighted by Crippen LogP contribution is 2.41. The van der Waals surface area contributed by atoms with Crippen LogP contribution in [0.3, 0.4) is 0 Å². The Morgan fingerprint density at radius 2 is 1.88 bits per heavy atom. The van der Waals surface area contributed by atoms with Crippen LogP contribution < -0.4 is 5.32 Å². The topological polar surface area (TPSA) is 80.1 Å². The van der Waals surface area contributed by atoms with E-state index in [-0.39, 0.29) is 11.8 Å². The molecule has 3 aromatic rings. The largest absolute Gasteiger partial charge is 0.351 e. The number of nitrogens with zero attached hydrogens (tertiary/aromatic N) is 4. The maximum absolute atomic E-state index is 12.4. The molecular weight excluding hydrogens is 442 g/mol. The van der Waals surface area contributed by atoms with Crippen LogP contribution in [0.5, 0.6) is 0 Å². The molecule has 2 aliphatic rings. The fourth-order valence-corrected chi connectivity index (χ4v) is 5.40. The molecule has 1 saturated heterocycles. The SMILES string of the molecule is O=C(CSc1nnc(-c2cccs2)n1C1CC1)NCc1ccc(C(=O)N2CCCC2)cc1. The monoisotopic (exact) mass is 467 g/mol. The molecule has 1 aliphatic heterocycles. The van der Waals surface area contributed by atoms with Crippen molar-refractivity contribution in [3.63, 3.8) is 0 Å². The second kappa shape index (κ2) is 9.46. The number of carbonyl (C=O) groups excluding carboxylic acids is 2. The first kappa shape index (κ1) is 21.2. The van der Waals surface area contributed by atoms with Gasteiger partial charge in [0, 0.05) is 31.2 Å². The van der Waals surface area contributed by atoms with Crippen molar-refractivity contribution in [2.45, 2.75) is 43.4 Å². The van der Waals surface area contributed by atoms with Gasteiger partial charge in [0.05, 0.1) is 10.6 Å². The summed E-state index contributed by atoms with van der Waals surface area (Å²) >= 11 is 3.08. The quantitative estimate of drug-likeness (QED) is 0.507. The van der Waals surface area contributed by atoms with Crippen molar-refractivity contribution in [3.05, 3.63) is 52.9 Å². The molecule has 32 heavy (non-hydrogen) atoms. The van der Waals surface area contributed by atoms with Crippen LogP contribution in [0.25, 0.3) is 10.7 Å². The summed E-state index contributed by atoms with van der Waals surface area (Å²) in [6.07, 6.45) is 4.43. The second-order valence-electron chi connectivity index (χ2n) is 8.15. The van der Waals surface area contributed by atoms with E-state index < -0.39 is 0 Å². The van der Waals surface area contributed by atoms with E-state index in [4.69, 9.17) is 0 Å². The van der Waals surface area contributed by atoms with Gasteiger partial charge in [-0.1, -0.05) is 30.0 Å². The fourth-order valence-electron chi connectivity index (χ4n) is 3.86. The minimum absolute atomic E-state index is 0.0461. The molecule has 166 valence electrons. The Balaban J connectivity index is 1.14. The fraction of sp³-hybridized carbons (Fsp3) is 0.391. The van der Waals surface area contributed by atoms with Crippen molar-refractivity contribution >= 4 is 34.9 Å². The predicted octanol–water partition coefficient (Wildman–Crippen LogP) is 3.99.